The van der Waals surface area contributed by atoms with E-state index in [9.17, 15) is 14.4 Å². The van der Waals surface area contributed by atoms with Gasteiger partial charge in [-0.2, -0.15) is 0 Å². The zero-order valence-electron chi connectivity index (χ0n) is 9.46. The molecule has 0 bridgehead atoms. The second-order valence-corrected chi connectivity index (χ2v) is 4.54. The SMILES string of the molecule is O=C(O)c1cccc(Cn2cc(Br)c(=O)[nH]c2=O)n1. The highest BCUT2D eigenvalue weighted by Crippen LogP contribution is 2.03. The van der Waals surface area contributed by atoms with Crippen LogP contribution in [0.3, 0.4) is 0 Å². The number of hydrogen-bond acceptors (Lipinski definition) is 4. The maximum absolute atomic E-state index is 11.6. The van der Waals surface area contributed by atoms with Crippen molar-refractivity contribution in [2.24, 2.45) is 0 Å². The maximum atomic E-state index is 11.6. The van der Waals surface area contributed by atoms with Crippen molar-refractivity contribution >= 4 is 21.9 Å². The van der Waals surface area contributed by atoms with Gasteiger partial charge in [0.25, 0.3) is 5.56 Å². The Balaban J connectivity index is 2.39. The Morgan fingerprint density at radius 2 is 2.16 bits per heavy atom. The minimum absolute atomic E-state index is 0.0648. The first-order valence-corrected chi connectivity index (χ1v) is 5.95. The van der Waals surface area contributed by atoms with Crippen LogP contribution in [-0.2, 0) is 6.54 Å². The molecule has 0 amide bonds. The van der Waals surface area contributed by atoms with Crippen molar-refractivity contribution in [1.29, 1.82) is 0 Å². The fourth-order valence-corrected chi connectivity index (χ4v) is 1.81. The van der Waals surface area contributed by atoms with Gasteiger partial charge in [-0.1, -0.05) is 6.07 Å². The number of aromatic amines is 1. The third kappa shape index (κ3) is 2.97. The predicted octanol–water partition coefficient (Wildman–Crippen LogP) is 0.441. The second kappa shape index (κ2) is 5.19. The zero-order valence-corrected chi connectivity index (χ0v) is 11.0. The molecule has 0 aliphatic carbocycles. The minimum atomic E-state index is -1.14. The van der Waals surface area contributed by atoms with Crippen molar-refractivity contribution in [1.82, 2.24) is 14.5 Å². The van der Waals surface area contributed by atoms with Crippen LogP contribution in [0.25, 0.3) is 0 Å². The molecule has 0 aliphatic rings. The van der Waals surface area contributed by atoms with Crippen LogP contribution in [0.5, 0.6) is 0 Å². The van der Waals surface area contributed by atoms with E-state index in [4.69, 9.17) is 5.11 Å². The fraction of sp³-hybridized carbons (Fsp3) is 0.0909. The molecule has 7 nitrogen and oxygen atoms in total. The van der Waals surface area contributed by atoms with Gasteiger partial charge < -0.3 is 5.11 Å². The number of aromatic carboxylic acids is 1. The number of halogens is 1. The molecule has 19 heavy (non-hydrogen) atoms. The van der Waals surface area contributed by atoms with Gasteiger partial charge >= 0.3 is 11.7 Å². The largest absolute Gasteiger partial charge is 0.477 e. The Morgan fingerprint density at radius 1 is 1.42 bits per heavy atom. The smallest absolute Gasteiger partial charge is 0.354 e. The van der Waals surface area contributed by atoms with Crippen LogP contribution in [-0.4, -0.2) is 25.6 Å². The maximum Gasteiger partial charge on any atom is 0.354 e. The highest BCUT2D eigenvalue weighted by molar-refractivity contribution is 9.10. The first-order valence-electron chi connectivity index (χ1n) is 5.16. The molecule has 2 aromatic heterocycles. The summed E-state index contributed by atoms with van der Waals surface area (Å²) in [5.41, 5.74) is -0.806. The fourth-order valence-electron chi connectivity index (χ4n) is 1.46. The first kappa shape index (κ1) is 13.2. The third-order valence-electron chi connectivity index (χ3n) is 2.33. The van der Waals surface area contributed by atoms with Crippen molar-refractivity contribution in [2.45, 2.75) is 6.54 Å². The Labute approximate surface area is 114 Å². The van der Waals surface area contributed by atoms with Gasteiger partial charge in [0, 0.05) is 6.20 Å². The average molecular weight is 326 g/mol. The number of aromatic nitrogens is 3. The van der Waals surface area contributed by atoms with E-state index in [1.807, 2.05) is 0 Å². The molecule has 2 heterocycles. The third-order valence-corrected chi connectivity index (χ3v) is 2.89. The number of nitrogens with one attached hydrogen (secondary N) is 1. The molecular formula is C11H8BrN3O4. The Hall–Kier alpha value is -2.22. The van der Waals surface area contributed by atoms with Crippen molar-refractivity contribution in [3.8, 4) is 0 Å². The summed E-state index contributed by atoms with van der Waals surface area (Å²) in [6.45, 7) is 0.0648. The van der Waals surface area contributed by atoms with E-state index in [1.54, 1.807) is 6.07 Å². The van der Waals surface area contributed by atoms with Crippen LogP contribution < -0.4 is 11.2 Å². The number of nitrogens with zero attached hydrogens (tertiary/aromatic N) is 2. The summed E-state index contributed by atoms with van der Waals surface area (Å²) in [6.07, 6.45) is 1.33. The monoisotopic (exact) mass is 325 g/mol. The Bertz CT molecular complexity index is 750. The lowest BCUT2D eigenvalue weighted by Gasteiger charge is -2.05. The van der Waals surface area contributed by atoms with E-state index in [1.165, 1.54) is 22.9 Å². The summed E-state index contributed by atoms with van der Waals surface area (Å²) in [5.74, 6) is -1.14. The van der Waals surface area contributed by atoms with E-state index >= 15 is 0 Å². The standard InChI is InChI=1S/C11H8BrN3O4/c12-7-5-15(11(19)14-9(7)16)4-6-2-1-3-8(13-6)10(17)18/h1-3,5H,4H2,(H,17,18)(H,14,16,19). The van der Waals surface area contributed by atoms with Crippen molar-refractivity contribution in [2.75, 3.05) is 0 Å². The number of pyridine rings is 1. The molecule has 2 N–H and O–H groups in total. The highest BCUT2D eigenvalue weighted by atomic mass is 79.9. The lowest BCUT2D eigenvalue weighted by molar-refractivity contribution is 0.0690. The van der Waals surface area contributed by atoms with Crippen LogP contribution in [0.2, 0.25) is 0 Å². The van der Waals surface area contributed by atoms with E-state index < -0.39 is 17.2 Å². The molecule has 0 unspecified atom stereocenters. The number of carboxylic acids is 1. The number of rotatable bonds is 3. The van der Waals surface area contributed by atoms with Crippen molar-refractivity contribution < 1.29 is 9.90 Å². The van der Waals surface area contributed by atoms with Crippen molar-refractivity contribution in [3.05, 3.63) is 61.1 Å². The van der Waals surface area contributed by atoms with Gasteiger partial charge in [0.2, 0.25) is 0 Å². The van der Waals surface area contributed by atoms with Gasteiger partial charge in [-0.3, -0.25) is 14.3 Å². The summed E-state index contributed by atoms with van der Waals surface area (Å²) in [4.78, 5) is 39.5. The highest BCUT2D eigenvalue weighted by Gasteiger charge is 2.07. The molecule has 0 fully saturated rings. The quantitative estimate of drug-likeness (QED) is 0.851. The second-order valence-electron chi connectivity index (χ2n) is 3.68. The lowest BCUT2D eigenvalue weighted by atomic mass is 10.3. The van der Waals surface area contributed by atoms with Gasteiger partial charge in [0.1, 0.15) is 5.69 Å². The molecule has 2 rings (SSSR count). The molecule has 0 aliphatic heterocycles. The van der Waals surface area contributed by atoms with Crippen LogP contribution in [0.1, 0.15) is 16.2 Å². The lowest BCUT2D eigenvalue weighted by Crippen LogP contribution is -2.30. The molecule has 0 atom stereocenters. The summed E-state index contributed by atoms with van der Waals surface area (Å²) < 4.78 is 1.43. The normalized spacial score (nSPS) is 10.4. The van der Waals surface area contributed by atoms with Gasteiger partial charge in [-0.25, -0.2) is 14.6 Å². The topological polar surface area (TPSA) is 105 Å². The van der Waals surface area contributed by atoms with Crippen LogP contribution >= 0.6 is 15.9 Å². The van der Waals surface area contributed by atoms with E-state index in [-0.39, 0.29) is 16.7 Å². The van der Waals surface area contributed by atoms with Crippen LogP contribution in [0.4, 0.5) is 0 Å². The zero-order chi connectivity index (χ0) is 14.0. The molecule has 0 aromatic carbocycles. The molecule has 2 aromatic rings. The average Bonchev–Trinajstić information content (AvgIpc) is 2.36. The summed E-state index contributed by atoms with van der Waals surface area (Å²) >= 11 is 3.01. The van der Waals surface area contributed by atoms with E-state index in [0.717, 1.165) is 0 Å². The van der Waals surface area contributed by atoms with Gasteiger partial charge in [0.15, 0.2) is 0 Å². The van der Waals surface area contributed by atoms with Gasteiger partial charge in [0.05, 0.1) is 16.7 Å². The number of carboxylic acid groups (broad SMARTS) is 1. The van der Waals surface area contributed by atoms with Gasteiger partial charge in [-0.05, 0) is 28.1 Å². The molecule has 0 spiro atoms. The molecule has 8 heteroatoms. The molecule has 0 radical (unpaired) electrons. The number of H-pyrrole nitrogens is 1. The molecule has 0 saturated heterocycles. The van der Waals surface area contributed by atoms with Crippen LogP contribution in [0.15, 0.2) is 38.5 Å². The minimum Gasteiger partial charge on any atom is -0.477 e. The predicted molar refractivity (Wildman–Crippen MR) is 69.3 cm³/mol. The van der Waals surface area contributed by atoms with Crippen LogP contribution in [0, 0.1) is 0 Å². The van der Waals surface area contributed by atoms with Crippen molar-refractivity contribution in [3.63, 3.8) is 0 Å². The van der Waals surface area contributed by atoms with E-state index in [2.05, 4.69) is 25.9 Å². The summed E-state index contributed by atoms with van der Waals surface area (Å²) in [6, 6.07) is 4.49. The summed E-state index contributed by atoms with van der Waals surface area (Å²) in [5, 5.41) is 8.82. The summed E-state index contributed by atoms with van der Waals surface area (Å²) in [7, 11) is 0. The van der Waals surface area contributed by atoms with Gasteiger partial charge in [-0.15, -0.1) is 0 Å². The molecular weight excluding hydrogens is 318 g/mol. The first-order chi connectivity index (χ1) is 8.97. The Kier molecular flexibility index (Phi) is 3.61. The Morgan fingerprint density at radius 3 is 2.84 bits per heavy atom. The molecule has 0 saturated carbocycles. The molecule has 98 valence electrons. The number of carbonyl (C=O) groups is 1. The number of hydrogen-bond donors (Lipinski definition) is 2. The van der Waals surface area contributed by atoms with E-state index in [0.29, 0.717) is 5.69 Å².